The SMILES string of the molecule is [B]c1ccc2c(c1)c1cccc3c1n2-c1ccccc1C3(C1=CC=CCC1)c1ccccc1. The first-order chi connectivity index (χ1) is 16.3. The van der Waals surface area contributed by atoms with Crippen molar-refractivity contribution in [3.05, 3.63) is 131 Å². The first kappa shape index (κ1) is 18.8. The number of allylic oxidation sites excluding steroid dienone is 4. The van der Waals surface area contributed by atoms with Crippen LogP contribution in [0.15, 0.2) is 115 Å². The number of aromatic nitrogens is 1. The Labute approximate surface area is 195 Å². The second-order valence-electron chi connectivity index (χ2n) is 9.11. The summed E-state index contributed by atoms with van der Waals surface area (Å²) in [7, 11) is 6.25. The summed E-state index contributed by atoms with van der Waals surface area (Å²) in [6.07, 6.45) is 8.97. The highest BCUT2D eigenvalue weighted by atomic mass is 15.0. The molecule has 0 saturated heterocycles. The fourth-order valence-corrected chi connectivity index (χ4v) is 6.22. The molecule has 2 heteroatoms. The number of benzene rings is 4. The summed E-state index contributed by atoms with van der Waals surface area (Å²) in [6.45, 7) is 0. The van der Waals surface area contributed by atoms with Gasteiger partial charge in [-0.2, -0.15) is 0 Å². The highest BCUT2D eigenvalue weighted by molar-refractivity contribution is 6.34. The third-order valence-corrected chi connectivity index (χ3v) is 7.47. The van der Waals surface area contributed by atoms with Crippen molar-refractivity contribution in [1.29, 1.82) is 0 Å². The molecule has 4 aromatic carbocycles. The number of rotatable bonds is 2. The molecule has 0 amide bonds. The molecule has 2 radical (unpaired) electrons. The van der Waals surface area contributed by atoms with E-state index < -0.39 is 0 Å². The van der Waals surface area contributed by atoms with Crippen molar-refractivity contribution in [2.24, 2.45) is 0 Å². The largest absolute Gasteiger partial charge is 0.309 e. The highest BCUT2D eigenvalue weighted by Crippen LogP contribution is 2.55. The highest BCUT2D eigenvalue weighted by Gasteiger charge is 2.46. The normalized spacial score (nSPS) is 19.0. The van der Waals surface area contributed by atoms with Gasteiger partial charge in [0, 0.05) is 10.8 Å². The zero-order chi connectivity index (χ0) is 22.0. The van der Waals surface area contributed by atoms with Gasteiger partial charge >= 0.3 is 0 Å². The molecule has 0 saturated carbocycles. The predicted octanol–water partition coefficient (Wildman–Crippen LogP) is 6.50. The van der Waals surface area contributed by atoms with Gasteiger partial charge in [0.15, 0.2) is 0 Å². The lowest BCUT2D eigenvalue weighted by Gasteiger charge is -2.43. The Morgan fingerprint density at radius 2 is 1.58 bits per heavy atom. The monoisotopic (exact) mass is 419 g/mol. The van der Waals surface area contributed by atoms with E-state index in [4.69, 9.17) is 7.85 Å². The Kier molecular flexibility index (Phi) is 3.90. The van der Waals surface area contributed by atoms with Crippen LogP contribution in [-0.4, -0.2) is 12.4 Å². The molecule has 0 N–H and O–H groups in total. The Bertz CT molecular complexity index is 1620. The van der Waals surface area contributed by atoms with Crippen molar-refractivity contribution in [3.63, 3.8) is 0 Å². The summed E-state index contributed by atoms with van der Waals surface area (Å²) in [4.78, 5) is 0. The summed E-state index contributed by atoms with van der Waals surface area (Å²) < 4.78 is 2.45. The number of hydrogen-bond acceptors (Lipinski definition) is 0. The molecule has 0 spiro atoms. The average molecular weight is 419 g/mol. The molecule has 0 fully saturated rings. The van der Waals surface area contributed by atoms with Crippen molar-refractivity contribution in [1.82, 2.24) is 4.57 Å². The van der Waals surface area contributed by atoms with E-state index in [-0.39, 0.29) is 5.41 Å². The Morgan fingerprint density at radius 3 is 2.42 bits per heavy atom. The summed E-state index contributed by atoms with van der Waals surface area (Å²) in [5.74, 6) is 0. The van der Waals surface area contributed by atoms with Crippen LogP contribution in [-0.2, 0) is 5.41 Å². The van der Waals surface area contributed by atoms with E-state index in [0.29, 0.717) is 0 Å². The number of para-hydroxylation sites is 2. The van der Waals surface area contributed by atoms with Crippen LogP contribution in [0.2, 0.25) is 0 Å². The molecule has 1 atom stereocenters. The van der Waals surface area contributed by atoms with E-state index >= 15 is 0 Å². The molecule has 1 aliphatic heterocycles. The lowest BCUT2D eigenvalue weighted by molar-refractivity contribution is 0.666. The summed E-state index contributed by atoms with van der Waals surface area (Å²) in [6, 6.07) is 33.1. The molecule has 154 valence electrons. The first-order valence-corrected chi connectivity index (χ1v) is 11.6. The maximum atomic E-state index is 6.25. The minimum atomic E-state index is -0.335. The minimum Gasteiger partial charge on any atom is -0.309 e. The molecular weight excluding hydrogens is 397 g/mol. The zero-order valence-electron chi connectivity index (χ0n) is 18.3. The van der Waals surface area contributed by atoms with Gasteiger partial charge in [0.1, 0.15) is 7.85 Å². The van der Waals surface area contributed by atoms with E-state index in [9.17, 15) is 0 Å². The topological polar surface area (TPSA) is 4.93 Å². The first-order valence-electron chi connectivity index (χ1n) is 11.6. The van der Waals surface area contributed by atoms with Gasteiger partial charge in [0.25, 0.3) is 0 Å². The van der Waals surface area contributed by atoms with Crippen molar-refractivity contribution >= 4 is 35.1 Å². The molecule has 33 heavy (non-hydrogen) atoms. The molecule has 1 nitrogen and oxygen atoms in total. The van der Waals surface area contributed by atoms with Gasteiger partial charge in [-0.25, -0.2) is 0 Å². The third-order valence-electron chi connectivity index (χ3n) is 7.47. The molecule has 5 aromatic rings. The number of hydrogen-bond donors (Lipinski definition) is 0. The van der Waals surface area contributed by atoms with Crippen LogP contribution >= 0.6 is 0 Å². The van der Waals surface area contributed by atoms with E-state index in [0.717, 1.165) is 18.3 Å². The standard InChI is InChI=1S/C31H22BN/c32-23-18-19-28-25(20-23)24-14-9-16-27-30(24)33(28)29-17-8-7-15-26(29)31(27,21-10-3-1-4-11-21)22-12-5-2-6-13-22/h1-5,7-12,14-20H,6,13H2. The van der Waals surface area contributed by atoms with Crippen molar-refractivity contribution in [2.45, 2.75) is 18.3 Å². The fraction of sp³-hybridized carbons (Fsp3) is 0.0968. The molecule has 1 unspecified atom stereocenters. The molecule has 7 rings (SSSR count). The number of fused-ring (bicyclic) bond motifs is 5. The van der Waals surface area contributed by atoms with Crippen molar-refractivity contribution in [3.8, 4) is 5.69 Å². The fourth-order valence-electron chi connectivity index (χ4n) is 6.22. The van der Waals surface area contributed by atoms with Crippen LogP contribution in [0.3, 0.4) is 0 Å². The maximum Gasteiger partial charge on any atom is 0.113 e. The van der Waals surface area contributed by atoms with E-state index in [2.05, 4.69) is 108 Å². The predicted molar refractivity (Wildman–Crippen MR) is 139 cm³/mol. The molecular formula is C31H22BN. The van der Waals surface area contributed by atoms with Crippen LogP contribution in [0.4, 0.5) is 0 Å². The summed E-state index contributed by atoms with van der Waals surface area (Å²) in [5, 5.41) is 2.47. The Morgan fingerprint density at radius 1 is 0.758 bits per heavy atom. The quantitative estimate of drug-likeness (QED) is 0.288. The van der Waals surface area contributed by atoms with E-state index in [1.165, 1.54) is 49.8 Å². The second-order valence-corrected chi connectivity index (χ2v) is 9.11. The van der Waals surface area contributed by atoms with Gasteiger partial charge in [-0.15, -0.1) is 0 Å². The van der Waals surface area contributed by atoms with Gasteiger partial charge in [0.05, 0.1) is 22.1 Å². The zero-order valence-corrected chi connectivity index (χ0v) is 18.3. The minimum absolute atomic E-state index is 0.335. The van der Waals surface area contributed by atoms with Crippen molar-refractivity contribution in [2.75, 3.05) is 0 Å². The van der Waals surface area contributed by atoms with E-state index in [1.807, 2.05) is 6.07 Å². The summed E-state index contributed by atoms with van der Waals surface area (Å²) in [5.41, 5.74) is 9.67. The Balaban J connectivity index is 1.76. The van der Waals surface area contributed by atoms with E-state index in [1.54, 1.807) is 0 Å². The number of nitrogens with zero attached hydrogens (tertiary/aromatic N) is 1. The maximum absolute atomic E-state index is 6.25. The van der Waals surface area contributed by atoms with Crippen LogP contribution in [0.5, 0.6) is 0 Å². The molecule has 1 aliphatic carbocycles. The van der Waals surface area contributed by atoms with Gasteiger partial charge in [-0.05, 0) is 41.7 Å². The molecule has 1 aromatic heterocycles. The van der Waals surface area contributed by atoms with Gasteiger partial charge in [-0.3, -0.25) is 0 Å². The second kappa shape index (κ2) is 6.86. The van der Waals surface area contributed by atoms with Gasteiger partial charge in [-0.1, -0.05) is 108 Å². The average Bonchev–Trinajstić information content (AvgIpc) is 3.21. The van der Waals surface area contributed by atoms with Gasteiger partial charge in [0.2, 0.25) is 0 Å². The molecule has 2 aliphatic rings. The lowest BCUT2D eigenvalue weighted by Crippen LogP contribution is -2.36. The van der Waals surface area contributed by atoms with Crippen LogP contribution < -0.4 is 5.46 Å². The molecule has 2 heterocycles. The van der Waals surface area contributed by atoms with Crippen LogP contribution in [0, 0.1) is 0 Å². The third kappa shape index (κ3) is 2.38. The van der Waals surface area contributed by atoms with Crippen molar-refractivity contribution < 1.29 is 0 Å². The smallest absolute Gasteiger partial charge is 0.113 e. The van der Waals surface area contributed by atoms with Gasteiger partial charge < -0.3 is 4.57 Å². The van der Waals surface area contributed by atoms with Crippen LogP contribution in [0.1, 0.15) is 29.5 Å². The summed E-state index contributed by atoms with van der Waals surface area (Å²) >= 11 is 0. The lowest BCUT2D eigenvalue weighted by atomic mass is 9.61. The molecule has 0 bridgehead atoms. The Hall–Kier alpha value is -3.78. The van der Waals surface area contributed by atoms with Crippen LogP contribution in [0.25, 0.3) is 27.5 Å².